The quantitative estimate of drug-likeness (QED) is 0.759. The van der Waals surface area contributed by atoms with Crippen LogP contribution >= 0.6 is 0 Å². The van der Waals surface area contributed by atoms with Gasteiger partial charge in [-0.2, -0.15) is 0 Å². The van der Waals surface area contributed by atoms with Crippen molar-refractivity contribution in [3.63, 3.8) is 0 Å². The molecule has 0 spiro atoms. The molecule has 76 valence electrons. The zero-order chi connectivity index (χ0) is 10.1. The van der Waals surface area contributed by atoms with Gasteiger partial charge in [0.25, 0.3) is 0 Å². The molecule has 0 radical (unpaired) electrons. The minimum atomic E-state index is 0.555. The van der Waals surface area contributed by atoms with Gasteiger partial charge in [0, 0.05) is 31.2 Å². The van der Waals surface area contributed by atoms with Crippen molar-refractivity contribution in [1.29, 1.82) is 0 Å². The summed E-state index contributed by atoms with van der Waals surface area (Å²) >= 11 is 0. The van der Waals surface area contributed by atoms with Gasteiger partial charge in [-0.1, -0.05) is 0 Å². The van der Waals surface area contributed by atoms with Crippen molar-refractivity contribution in [2.75, 3.05) is 18.4 Å². The molecule has 4 nitrogen and oxygen atoms in total. The molecule has 1 aromatic heterocycles. The van der Waals surface area contributed by atoms with Crippen molar-refractivity contribution in [2.45, 2.75) is 6.04 Å². The van der Waals surface area contributed by atoms with Gasteiger partial charge in [0.1, 0.15) is 0 Å². The fourth-order valence-electron chi connectivity index (χ4n) is 1.68. The van der Waals surface area contributed by atoms with Crippen LogP contribution in [0.3, 0.4) is 0 Å². The lowest BCUT2D eigenvalue weighted by molar-refractivity contribution is 0.472. The minimum Gasteiger partial charge on any atom is -0.380 e. The second kappa shape index (κ2) is 3.47. The first-order valence-corrected chi connectivity index (χ1v) is 5.10. The van der Waals surface area contributed by atoms with Crippen LogP contribution in [0.15, 0.2) is 30.6 Å². The lowest BCUT2D eigenvalue weighted by atomic mass is 10.1. The Morgan fingerprint density at radius 3 is 2.67 bits per heavy atom. The number of hydrogen-bond donors (Lipinski definition) is 2. The topological polar surface area (TPSA) is 49.8 Å². The Morgan fingerprint density at radius 2 is 1.93 bits per heavy atom. The molecule has 1 fully saturated rings. The van der Waals surface area contributed by atoms with Crippen molar-refractivity contribution in [3.05, 3.63) is 30.6 Å². The molecule has 1 saturated heterocycles. The lowest BCUT2D eigenvalue weighted by Gasteiger charge is -2.28. The number of benzene rings is 1. The minimum absolute atomic E-state index is 0.555. The van der Waals surface area contributed by atoms with Crippen LogP contribution in [0.25, 0.3) is 11.0 Å². The van der Waals surface area contributed by atoms with Gasteiger partial charge in [0.15, 0.2) is 0 Å². The molecular formula is C11H12N4. The Balaban J connectivity index is 1.91. The second-order valence-electron chi connectivity index (χ2n) is 3.76. The Morgan fingerprint density at radius 1 is 1.13 bits per heavy atom. The van der Waals surface area contributed by atoms with E-state index in [1.807, 2.05) is 12.1 Å². The molecule has 15 heavy (non-hydrogen) atoms. The van der Waals surface area contributed by atoms with E-state index >= 15 is 0 Å². The average Bonchev–Trinajstić information content (AvgIpc) is 2.23. The van der Waals surface area contributed by atoms with Crippen LogP contribution in [0, 0.1) is 0 Å². The summed E-state index contributed by atoms with van der Waals surface area (Å²) in [6.07, 6.45) is 3.43. The van der Waals surface area contributed by atoms with Gasteiger partial charge in [-0.05, 0) is 18.2 Å². The predicted octanol–water partition coefficient (Wildman–Crippen LogP) is 1.01. The summed E-state index contributed by atoms with van der Waals surface area (Å²) < 4.78 is 0. The summed E-state index contributed by atoms with van der Waals surface area (Å²) in [5.41, 5.74) is 3.00. The molecule has 3 rings (SSSR count). The number of rotatable bonds is 2. The summed E-state index contributed by atoms with van der Waals surface area (Å²) in [4.78, 5) is 8.51. The maximum atomic E-state index is 4.27. The molecule has 0 aliphatic carbocycles. The van der Waals surface area contributed by atoms with Crippen LogP contribution in [0.1, 0.15) is 0 Å². The highest BCUT2D eigenvalue weighted by Crippen LogP contribution is 2.16. The maximum absolute atomic E-state index is 4.27. The Bertz CT molecular complexity index is 479. The lowest BCUT2D eigenvalue weighted by Crippen LogP contribution is -2.51. The van der Waals surface area contributed by atoms with Gasteiger partial charge >= 0.3 is 0 Å². The Kier molecular flexibility index (Phi) is 1.99. The van der Waals surface area contributed by atoms with E-state index in [0.29, 0.717) is 6.04 Å². The highest BCUT2D eigenvalue weighted by molar-refractivity contribution is 5.78. The zero-order valence-electron chi connectivity index (χ0n) is 8.27. The van der Waals surface area contributed by atoms with E-state index in [1.54, 1.807) is 12.4 Å². The molecule has 2 heterocycles. The van der Waals surface area contributed by atoms with E-state index in [0.717, 1.165) is 29.8 Å². The van der Waals surface area contributed by atoms with E-state index in [4.69, 9.17) is 0 Å². The third kappa shape index (κ3) is 1.64. The zero-order valence-corrected chi connectivity index (χ0v) is 8.27. The first kappa shape index (κ1) is 8.61. The molecule has 0 atom stereocenters. The van der Waals surface area contributed by atoms with Crippen molar-refractivity contribution in [2.24, 2.45) is 0 Å². The summed E-state index contributed by atoms with van der Waals surface area (Å²) in [5.74, 6) is 0. The first-order chi connectivity index (χ1) is 7.42. The maximum Gasteiger partial charge on any atom is 0.0907 e. The van der Waals surface area contributed by atoms with Gasteiger partial charge in [-0.3, -0.25) is 9.97 Å². The molecular weight excluding hydrogens is 188 g/mol. The summed E-state index contributed by atoms with van der Waals surface area (Å²) in [6, 6.07) is 6.64. The molecule has 0 bridgehead atoms. The fourth-order valence-corrected chi connectivity index (χ4v) is 1.68. The SMILES string of the molecule is c1cnc2cc(NC3CNC3)ccc2n1. The monoisotopic (exact) mass is 200 g/mol. The average molecular weight is 200 g/mol. The van der Waals surface area contributed by atoms with Gasteiger partial charge in [-0.25, -0.2) is 0 Å². The van der Waals surface area contributed by atoms with E-state index in [1.165, 1.54) is 0 Å². The van der Waals surface area contributed by atoms with Crippen molar-refractivity contribution in [1.82, 2.24) is 15.3 Å². The van der Waals surface area contributed by atoms with Crippen LogP contribution in [-0.4, -0.2) is 29.1 Å². The molecule has 1 aliphatic rings. The summed E-state index contributed by atoms with van der Waals surface area (Å²) in [6.45, 7) is 2.08. The standard InChI is InChI=1S/C11H12N4/c1-2-10-11(14-4-3-13-10)5-8(1)15-9-6-12-7-9/h1-5,9,12,15H,6-7H2. The third-order valence-corrected chi connectivity index (χ3v) is 2.62. The second-order valence-corrected chi connectivity index (χ2v) is 3.76. The fraction of sp³-hybridized carbons (Fsp3) is 0.273. The van der Waals surface area contributed by atoms with Crippen LogP contribution in [0.4, 0.5) is 5.69 Å². The van der Waals surface area contributed by atoms with Gasteiger partial charge in [0.05, 0.1) is 17.1 Å². The Labute approximate surface area is 87.7 Å². The van der Waals surface area contributed by atoms with Gasteiger partial charge in [-0.15, -0.1) is 0 Å². The molecule has 1 aromatic carbocycles. The van der Waals surface area contributed by atoms with Crippen LogP contribution in [-0.2, 0) is 0 Å². The number of anilines is 1. The van der Waals surface area contributed by atoms with Crippen molar-refractivity contribution < 1.29 is 0 Å². The van der Waals surface area contributed by atoms with Crippen molar-refractivity contribution in [3.8, 4) is 0 Å². The molecule has 2 N–H and O–H groups in total. The highest BCUT2D eigenvalue weighted by atomic mass is 15.1. The van der Waals surface area contributed by atoms with Gasteiger partial charge in [0.2, 0.25) is 0 Å². The smallest absolute Gasteiger partial charge is 0.0907 e. The van der Waals surface area contributed by atoms with E-state index in [9.17, 15) is 0 Å². The van der Waals surface area contributed by atoms with Crippen LogP contribution < -0.4 is 10.6 Å². The largest absolute Gasteiger partial charge is 0.380 e. The molecule has 0 amide bonds. The van der Waals surface area contributed by atoms with Crippen molar-refractivity contribution >= 4 is 16.7 Å². The first-order valence-electron chi connectivity index (χ1n) is 5.10. The molecule has 0 unspecified atom stereocenters. The molecule has 1 aliphatic heterocycles. The molecule has 4 heteroatoms. The van der Waals surface area contributed by atoms with E-state index in [2.05, 4.69) is 26.7 Å². The molecule has 2 aromatic rings. The van der Waals surface area contributed by atoms with E-state index in [-0.39, 0.29) is 0 Å². The number of nitrogens with one attached hydrogen (secondary N) is 2. The summed E-state index contributed by atoms with van der Waals surface area (Å²) in [5, 5.41) is 6.67. The van der Waals surface area contributed by atoms with E-state index < -0.39 is 0 Å². The highest BCUT2D eigenvalue weighted by Gasteiger charge is 2.15. The number of hydrogen-bond acceptors (Lipinski definition) is 4. The Hall–Kier alpha value is -1.68. The third-order valence-electron chi connectivity index (χ3n) is 2.62. The number of aromatic nitrogens is 2. The predicted molar refractivity (Wildman–Crippen MR) is 59.8 cm³/mol. The normalized spacial score (nSPS) is 16.3. The number of nitrogens with zero attached hydrogens (tertiary/aromatic N) is 2. The summed E-state index contributed by atoms with van der Waals surface area (Å²) in [7, 11) is 0. The number of fused-ring (bicyclic) bond motifs is 1. The van der Waals surface area contributed by atoms with Crippen LogP contribution in [0.2, 0.25) is 0 Å². The van der Waals surface area contributed by atoms with Crippen LogP contribution in [0.5, 0.6) is 0 Å². The van der Waals surface area contributed by atoms with Gasteiger partial charge < -0.3 is 10.6 Å². The molecule has 0 saturated carbocycles.